The van der Waals surface area contributed by atoms with Gasteiger partial charge in [-0.2, -0.15) is 0 Å². The van der Waals surface area contributed by atoms with Crippen molar-refractivity contribution in [1.82, 2.24) is 14.9 Å². The Hall–Kier alpha value is -3.00. The molecule has 2 heterocycles. The van der Waals surface area contributed by atoms with E-state index in [9.17, 15) is 4.79 Å². The van der Waals surface area contributed by atoms with Crippen LogP contribution in [-0.4, -0.2) is 33.1 Å². The molecule has 0 saturated heterocycles. The number of aryl methyl sites for hydroxylation is 3. The highest BCUT2D eigenvalue weighted by Crippen LogP contribution is 2.38. The van der Waals surface area contributed by atoms with Gasteiger partial charge in [-0.3, -0.25) is 4.79 Å². The van der Waals surface area contributed by atoms with Gasteiger partial charge in [0.25, 0.3) is 0 Å². The summed E-state index contributed by atoms with van der Waals surface area (Å²) in [5.41, 5.74) is 7.41. The van der Waals surface area contributed by atoms with Gasteiger partial charge >= 0.3 is 0 Å². The van der Waals surface area contributed by atoms with Crippen LogP contribution in [0.1, 0.15) is 28.6 Å². The summed E-state index contributed by atoms with van der Waals surface area (Å²) in [5.74, 6) is 1.44. The maximum absolute atomic E-state index is 13.3. The summed E-state index contributed by atoms with van der Waals surface area (Å²) < 4.78 is 7.10. The lowest BCUT2D eigenvalue weighted by molar-refractivity contribution is -0.116. The zero-order chi connectivity index (χ0) is 20.5. The quantitative estimate of drug-likeness (QED) is 0.685. The van der Waals surface area contributed by atoms with E-state index in [2.05, 4.69) is 27.0 Å². The van der Waals surface area contributed by atoms with Crippen LogP contribution in [0, 0.1) is 20.8 Å². The molecule has 0 fully saturated rings. The highest BCUT2D eigenvalue weighted by atomic mass is 32.2. The second-order valence-electron chi connectivity index (χ2n) is 7.09. The van der Waals surface area contributed by atoms with Gasteiger partial charge in [0, 0.05) is 5.69 Å². The van der Waals surface area contributed by atoms with E-state index in [0.717, 1.165) is 34.0 Å². The smallest absolute Gasteiger partial charge is 0.240 e. The first-order valence-electron chi connectivity index (χ1n) is 9.33. The number of carbonyl (C=O) groups is 1. The Bertz CT molecular complexity index is 1050. The number of ether oxygens (including phenoxy) is 1. The zero-order valence-corrected chi connectivity index (χ0v) is 17.6. The summed E-state index contributed by atoms with van der Waals surface area (Å²) in [4.78, 5) is 13.3. The predicted octanol–water partition coefficient (Wildman–Crippen LogP) is 3.61. The first-order chi connectivity index (χ1) is 14.0. The number of carbonyl (C=O) groups excluding carboxylic acids is 1. The molecular weight excluding hydrogens is 386 g/mol. The molecule has 2 unspecified atom stereocenters. The molecule has 0 saturated carbocycles. The molecule has 0 radical (unpaired) electrons. The lowest BCUT2D eigenvalue weighted by atomic mass is 10.0. The lowest BCUT2D eigenvalue weighted by Gasteiger charge is -2.33. The highest BCUT2D eigenvalue weighted by Gasteiger charge is 2.37. The number of rotatable bonds is 4. The number of nitrogens with one attached hydrogen (secondary N) is 2. The van der Waals surface area contributed by atoms with Crippen LogP contribution in [0.3, 0.4) is 0 Å². The first kappa shape index (κ1) is 19.3. The molecule has 150 valence electrons. The van der Waals surface area contributed by atoms with Crippen LogP contribution in [0.15, 0.2) is 47.6 Å². The average molecular weight is 410 g/mol. The number of fused-ring (bicyclic) bond motifs is 1. The summed E-state index contributed by atoms with van der Waals surface area (Å²) in [6.07, 6.45) is 0. The van der Waals surface area contributed by atoms with Crippen molar-refractivity contribution in [2.45, 2.75) is 37.2 Å². The summed E-state index contributed by atoms with van der Waals surface area (Å²) in [6, 6.07) is 13.5. The van der Waals surface area contributed by atoms with Crippen LogP contribution in [-0.2, 0) is 4.79 Å². The Morgan fingerprint density at radius 3 is 2.59 bits per heavy atom. The second kappa shape index (κ2) is 7.79. The summed E-state index contributed by atoms with van der Waals surface area (Å²) in [5, 5.41) is 11.7. The SMILES string of the molecule is COc1ccc(C2Nn3c(C)nnc3SC2C(=O)Nc2ccc(C)cc2C)cc1. The predicted molar refractivity (Wildman–Crippen MR) is 114 cm³/mol. The molecule has 29 heavy (non-hydrogen) atoms. The molecule has 0 aliphatic carbocycles. The molecule has 1 amide bonds. The van der Waals surface area contributed by atoms with Gasteiger partial charge < -0.3 is 15.5 Å². The van der Waals surface area contributed by atoms with Gasteiger partial charge in [0.05, 0.1) is 13.2 Å². The first-order valence-corrected chi connectivity index (χ1v) is 10.2. The molecule has 2 N–H and O–H groups in total. The fourth-order valence-corrected chi connectivity index (χ4v) is 4.50. The van der Waals surface area contributed by atoms with E-state index in [-0.39, 0.29) is 11.9 Å². The maximum atomic E-state index is 13.3. The molecular formula is C21H23N5O2S. The fraction of sp³-hybridized carbons (Fsp3) is 0.286. The standard InChI is InChI=1S/C21H23N5O2S/c1-12-5-10-17(13(2)11-12)22-20(27)19-18(15-6-8-16(28-4)9-7-15)25-26-14(3)23-24-21(26)29-19/h5-11,18-19,25H,1-4H3,(H,22,27). The zero-order valence-electron chi connectivity index (χ0n) is 16.8. The minimum Gasteiger partial charge on any atom is -0.497 e. The van der Waals surface area contributed by atoms with Crippen LogP contribution in [0.25, 0.3) is 0 Å². The minimum atomic E-state index is -0.416. The van der Waals surface area contributed by atoms with Crippen molar-refractivity contribution in [1.29, 1.82) is 0 Å². The van der Waals surface area contributed by atoms with Crippen molar-refractivity contribution < 1.29 is 9.53 Å². The minimum absolute atomic E-state index is 0.0813. The number of nitrogens with zero attached hydrogens (tertiary/aromatic N) is 3. The van der Waals surface area contributed by atoms with E-state index in [4.69, 9.17) is 4.74 Å². The lowest BCUT2D eigenvalue weighted by Crippen LogP contribution is -2.41. The molecule has 2 aromatic carbocycles. The molecule has 1 aliphatic rings. The van der Waals surface area contributed by atoms with Crippen molar-refractivity contribution >= 4 is 23.4 Å². The highest BCUT2D eigenvalue weighted by molar-refractivity contribution is 8.00. The Labute approximate surface area is 173 Å². The fourth-order valence-electron chi connectivity index (χ4n) is 3.38. The molecule has 7 nitrogen and oxygen atoms in total. The third-order valence-corrected chi connectivity index (χ3v) is 6.19. The van der Waals surface area contributed by atoms with Crippen molar-refractivity contribution in [3.63, 3.8) is 0 Å². The Balaban J connectivity index is 1.66. The van der Waals surface area contributed by atoms with Crippen LogP contribution in [0.5, 0.6) is 5.75 Å². The monoisotopic (exact) mass is 409 g/mol. The molecule has 2 atom stereocenters. The number of aromatic nitrogens is 3. The summed E-state index contributed by atoms with van der Waals surface area (Å²) >= 11 is 1.41. The van der Waals surface area contributed by atoms with E-state index in [1.165, 1.54) is 11.8 Å². The normalized spacial score (nSPS) is 17.9. The molecule has 1 aliphatic heterocycles. The largest absolute Gasteiger partial charge is 0.497 e. The van der Waals surface area contributed by atoms with Crippen molar-refractivity contribution in [2.75, 3.05) is 17.9 Å². The summed E-state index contributed by atoms with van der Waals surface area (Å²) in [7, 11) is 1.64. The Morgan fingerprint density at radius 1 is 1.14 bits per heavy atom. The van der Waals surface area contributed by atoms with Gasteiger partial charge in [-0.25, -0.2) is 4.68 Å². The maximum Gasteiger partial charge on any atom is 0.240 e. The molecule has 0 spiro atoms. The summed E-state index contributed by atoms with van der Waals surface area (Å²) in [6.45, 7) is 5.91. The Kier molecular flexibility index (Phi) is 5.19. The van der Waals surface area contributed by atoms with Crippen molar-refractivity contribution in [2.24, 2.45) is 0 Å². The van der Waals surface area contributed by atoms with Gasteiger partial charge in [0.1, 0.15) is 16.8 Å². The van der Waals surface area contributed by atoms with Gasteiger partial charge in [-0.05, 0) is 50.1 Å². The van der Waals surface area contributed by atoms with E-state index >= 15 is 0 Å². The van der Waals surface area contributed by atoms with Gasteiger partial charge in [-0.15, -0.1) is 10.2 Å². The van der Waals surface area contributed by atoms with Crippen LogP contribution < -0.4 is 15.5 Å². The van der Waals surface area contributed by atoms with Gasteiger partial charge in [-0.1, -0.05) is 41.6 Å². The Morgan fingerprint density at radius 2 is 1.90 bits per heavy atom. The van der Waals surface area contributed by atoms with Crippen molar-refractivity contribution in [3.05, 3.63) is 65.0 Å². The number of anilines is 1. The number of hydrogen-bond donors (Lipinski definition) is 2. The van der Waals surface area contributed by atoms with Crippen LogP contribution in [0.4, 0.5) is 5.69 Å². The van der Waals surface area contributed by atoms with E-state index in [0.29, 0.717) is 5.16 Å². The number of thioether (sulfide) groups is 1. The van der Waals surface area contributed by atoms with E-state index in [1.54, 1.807) is 7.11 Å². The second-order valence-corrected chi connectivity index (χ2v) is 8.20. The third-order valence-electron chi connectivity index (χ3n) is 4.97. The average Bonchev–Trinajstić information content (AvgIpc) is 3.09. The van der Waals surface area contributed by atoms with Gasteiger partial charge in [0.2, 0.25) is 11.1 Å². The number of amides is 1. The molecule has 0 bridgehead atoms. The van der Waals surface area contributed by atoms with Crippen LogP contribution in [0.2, 0.25) is 0 Å². The number of benzene rings is 2. The van der Waals surface area contributed by atoms with E-state index in [1.807, 2.05) is 61.8 Å². The number of methoxy groups -OCH3 is 1. The molecule has 8 heteroatoms. The topological polar surface area (TPSA) is 81.1 Å². The third kappa shape index (κ3) is 3.80. The van der Waals surface area contributed by atoms with Crippen molar-refractivity contribution in [3.8, 4) is 5.75 Å². The molecule has 3 aromatic rings. The number of hydrogen-bond acceptors (Lipinski definition) is 6. The van der Waals surface area contributed by atoms with Gasteiger partial charge in [0.15, 0.2) is 0 Å². The molecule has 1 aromatic heterocycles. The molecule has 4 rings (SSSR count). The van der Waals surface area contributed by atoms with Crippen LogP contribution >= 0.6 is 11.8 Å². The van der Waals surface area contributed by atoms with E-state index < -0.39 is 5.25 Å².